The molecule has 3 aliphatic rings. The first-order chi connectivity index (χ1) is 10.1. The lowest BCUT2D eigenvalue weighted by Gasteiger charge is -2.37. The van der Waals surface area contributed by atoms with Crippen molar-refractivity contribution in [3.63, 3.8) is 0 Å². The number of benzene rings is 1. The largest absolute Gasteiger partial charge is 0.454 e. The van der Waals surface area contributed by atoms with Crippen LogP contribution in [0.4, 0.5) is 0 Å². The first kappa shape index (κ1) is 12.7. The average Bonchev–Trinajstić information content (AvgIpc) is 3.03. The van der Waals surface area contributed by atoms with Crippen LogP contribution in [0, 0.1) is 0 Å². The van der Waals surface area contributed by atoms with E-state index in [4.69, 9.17) is 14.2 Å². The quantitative estimate of drug-likeness (QED) is 0.737. The Kier molecular flexibility index (Phi) is 2.72. The molecule has 5 heteroatoms. The minimum atomic E-state index is -0.234. The minimum absolute atomic E-state index is 0.0321. The van der Waals surface area contributed by atoms with Crippen molar-refractivity contribution in [2.45, 2.75) is 25.5 Å². The van der Waals surface area contributed by atoms with Crippen LogP contribution in [0.25, 0.3) is 0 Å². The topological polar surface area (TPSA) is 48.0 Å². The number of rotatable bonds is 1. The Bertz CT molecular complexity index is 652. The Morgan fingerprint density at radius 3 is 2.71 bits per heavy atom. The fraction of sp³-hybridized carbons (Fsp3) is 0.438. The zero-order chi connectivity index (χ0) is 14.6. The Morgan fingerprint density at radius 2 is 2.00 bits per heavy atom. The summed E-state index contributed by atoms with van der Waals surface area (Å²) in [5.74, 6) is 1.37. The van der Waals surface area contributed by atoms with Crippen LogP contribution < -0.4 is 9.47 Å². The van der Waals surface area contributed by atoms with Gasteiger partial charge < -0.3 is 14.2 Å². The van der Waals surface area contributed by atoms with Gasteiger partial charge in [0.05, 0.1) is 6.04 Å². The predicted octanol–water partition coefficient (Wildman–Crippen LogP) is 1.82. The fourth-order valence-corrected chi connectivity index (χ4v) is 3.31. The van der Waals surface area contributed by atoms with Crippen molar-refractivity contribution in [1.82, 2.24) is 4.90 Å². The van der Waals surface area contributed by atoms with Crippen LogP contribution in [0.5, 0.6) is 11.5 Å². The van der Waals surface area contributed by atoms with Gasteiger partial charge in [0.25, 0.3) is 0 Å². The molecule has 5 nitrogen and oxygen atoms in total. The number of hydrogen-bond acceptors (Lipinski definition) is 5. The van der Waals surface area contributed by atoms with E-state index in [1.807, 2.05) is 12.1 Å². The highest BCUT2D eigenvalue weighted by atomic mass is 16.7. The van der Waals surface area contributed by atoms with Gasteiger partial charge in [0.1, 0.15) is 6.10 Å². The predicted molar refractivity (Wildman–Crippen MR) is 75.3 cm³/mol. The number of carbonyl (C=O) groups excluding carboxylic acids is 1. The first-order valence-corrected chi connectivity index (χ1v) is 7.15. The van der Waals surface area contributed by atoms with Gasteiger partial charge >= 0.3 is 5.97 Å². The lowest BCUT2D eigenvalue weighted by Crippen LogP contribution is -2.39. The van der Waals surface area contributed by atoms with Crippen molar-refractivity contribution in [3.8, 4) is 11.5 Å². The molecule has 0 bridgehead atoms. The molecule has 4 rings (SSSR count). The normalized spacial score (nSPS) is 27.3. The molecule has 1 aromatic carbocycles. The van der Waals surface area contributed by atoms with Crippen LogP contribution >= 0.6 is 0 Å². The van der Waals surface area contributed by atoms with Crippen LogP contribution in [-0.2, 0) is 16.0 Å². The number of esters is 1. The Hall–Kier alpha value is -2.01. The van der Waals surface area contributed by atoms with Gasteiger partial charge in [-0.3, -0.25) is 4.90 Å². The number of ether oxygens (including phenoxy) is 3. The van der Waals surface area contributed by atoms with E-state index in [1.165, 1.54) is 5.56 Å². The molecule has 110 valence electrons. The molecular weight excluding hydrogens is 270 g/mol. The first-order valence-electron chi connectivity index (χ1n) is 7.15. The molecule has 21 heavy (non-hydrogen) atoms. The zero-order valence-electron chi connectivity index (χ0n) is 12.1. The van der Waals surface area contributed by atoms with E-state index in [9.17, 15) is 4.79 Å². The summed E-state index contributed by atoms with van der Waals surface area (Å²) in [6.07, 6.45) is 2.65. The summed E-state index contributed by atoms with van der Waals surface area (Å²) in [4.78, 5) is 13.9. The molecule has 0 radical (unpaired) electrons. The second-order valence-electron chi connectivity index (χ2n) is 5.80. The summed E-state index contributed by atoms with van der Waals surface area (Å²) in [6.45, 7) is 3.00. The molecule has 2 atom stereocenters. The van der Waals surface area contributed by atoms with E-state index in [0.29, 0.717) is 5.57 Å². The third-order valence-corrected chi connectivity index (χ3v) is 4.45. The van der Waals surface area contributed by atoms with Crippen molar-refractivity contribution in [3.05, 3.63) is 34.9 Å². The third-order valence-electron chi connectivity index (χ3n) is 4.45. The number of carbonyl (C=O) groups is 1. The summed E-state index contributed by atoms with van der Waals surface area (Å²) in [5, 5.41) is 0. The molecule has 0 fully saturated rings. The molecule has 0 aromatic heterocycles. The van der Waals surface area contributed by atoms with E-state index < -0.39 is 0 Å². The van der Waals surface area contributed by atoms with Crippen molar-refractivity contribution >= 4 is 5.97 Å². The van der Waals surface area contributed by atoms with Gasteiger partial charge in [-0.2, -0.15) is 0 Å². The molecule has 0 unspecified atom stereocenters. The summed E-state index contributed by atoms with van der Waals surface area (Å²) in [5.41, 5.74) is 3.09. The molecule has 0 spiro atoms. The fourth-order valence-electron chi connectivity index (χ4n) is 3.31. The zero-order valence-corrected chi connectivity index (χ0v) is 12.1. The Balaban J connectivity index is 1.77. The summed E-state index contributed by atoms with van der Waals surface area (Å²) in [7, 11) is 2.06. The van der Waals surface area contributed by atoms with E-state index in [-0.39, 0.29) is 24.9 Å². The van der Waals surface area contributed by atoms with Crippen LogP contribution in [0.15, 0.2) is 23.8 Å². The molecule has 0 saturated heterocycles. The maximum atomic E-state index is 11.7. The van der Waals surface area contributed by atoms with Crippen LogP contribution in [0.3, 0.4) is 0 Å². The highest BCUT2D eigenvalue weighted by Crippen LogP contribution is 2.42. The summed E-state index contributed by atoms with van der Waals surface area (Å²) < 4.78 is 16.5. The van der Waals surface area contributed by atoms with Gasteiger partial charge in [0.15, 0.2) is 11.5 Å². The molecule has 0 N–H and O–H groups in total. The van der Waals surface area contributed by atoms with Crippen LogP contribution in [-0.4, -0.2) is 37.4 Å². The molecule has 3 aliphatic heterocycles. The van der Waals surface area contributed by atoms with Gasteiger partial charge in [0.2, 0.25) is 6.79 Å². The number of likely N-dealkylation sites (N-methyl/N-ethyl adjacent to an activating group) is 1. The van der Waals surface area contributed by atoms with Gasteiger partial charge in [-0.1, -0.05) is 0 Å². The van der Waals surface area contributed by atoms with Crippen molar-refractivity contribution in [2.75, 3.05) is 20.4 Å². The van der Waals surface area contributed by atoms with Crippen LogP contribution in [0.2, 0.25) is 0 Å². The number of fused-ring (bicyclic) bond motifs is 2. The highest BCUT2D eigenvalue weighted by molar-refractivity contribution is 5.90. The minimum Gasteiger partial charge on any atom is -0.454 e. The van der Waals surface area contributed by atoms with E-state index >= 15 is 0 Å². The maximum absolute atomic E-state index is 11.7. The van der Waals surface area contributed by atoms with E-state index in [0.717, 1.165) is 30.0 Å². The average molecular weight is 287 g/mol. The lowest BCUT2D eigenvalue weighted by atomic mass is 9.89. The maximum Gasteiger partial charge on any atom is 0.334 e. The van der Waals surface area contributed by atoms with Crippen LogP contribution in [0.1, 0.15) is 24.1 Å². The summed E-state index contributed by atoms with van der Waals surface area (Å²) >= 11 is 0. The van der Waals surface area contributed by atoms with Gasteiger partial charge in [0, 0.05) is 12.1 Å². The van der Waals surface area contributed by atoms with E-state index in [1.54, 1.807) is 6.92 Å². The Morgan fingerprint density at radius 1 is 1.24 bits per heavy atom. The smallest absolute Gasteiger partial charge is 0.334 e. The van der Waals surface area contributed by atoms with Gasteiger partial charge in [-0.05, 0) is 49.7 Å². The monoisotopic (exact) mass is 287 g/mol. The van der Waals surface area contributed by atoms with Gasteiger partial charge in [-0.25, -0.2) is 4.79 Å². The molecular formula is C16H17NO4. The van der Waals surface area contributed by atoms with Gasteiger partial charge in [-0.15, -0.1) is 0 Å². The highest BCUT2D eigenvalue weighted by Gasteiger charge is 2.37. The Labute approximate surface area is 123 Å². The summed E-state index contributed by atoms with van der Waals surface area (Å²) in [6, 6.07) is 4.13. The van der Waals surface area contributed by atoms with Crippen molar-refractivity contribution in [2.24, 2.45) is 0 Å². The molecule has 3 heterocycles. The number of hydrogen-bond donors (Lipinski definition) is 0. The molecule has 1 aromatic rings. The third kappa shape index (κ3) is 1.92. The molecule has 0 amide bonds. The molecule has 0 aliphatic carbocycles. The number of cyclic esters (lactones) is 1. The van der Waals surface area contributed by atoms with Crippen molar-refractivity contribution in [1.29, 1.82) is 0 Å². The standard InChI is InChI=1S/C16H17NO4/c1-9-5-14(21-16(9)18)15-11-7-13-12(19-8-20-13)6-10(11)3-4-17(15)2/h5-7,14-15H,3-4,8H2,1-2H3/t14-,15-/m0/s1. The van der Waals surface area contributed by atoms with Crippen molar-refractivity contribution < 1.29 is 19.0 Å². The second kappa shape index (κ2) is 4.49. The molecule has 0 saturated carbocycles. The second-order valence-corrected chi connectivity index (χ2v) is 5.80. The number of nitrogens with zero attached hydrogens (tertiary/aromatic N) is 1. The van der Waals surface area contributed by atoms with E-state index in [2.05, 4.69) is 18.0 Å². The SMILES string of the molecule is CC1=C[C@@H]([C@@H]2c3cc4c(cc3CCN2C)OCO4)OC1=O. The lowest BCUT2D eigenvalue weighted by molar-refractivity contribution is -0.142.